The number of anilines is 1. The lowest BCUT2D eigenvalue weighted by Crippen LogP contribution is -2.13. The Morgan fingerprint density at radius 1 is 1.29 bits per heavy atom. The first-order valence-electron chi connectivity index (χ1n) is 5.53. The molecule has 17 heavy (non-hydrogen) atoms. The molecule has 0 aliphatic heterocycles. The number of hydrogen-bond donors (Lipinski definition) is 1. The third-order valence-electron chi connectivity index (χ3n) is 2.48. The molecule has 0 aliphatic rings. The van der Waals surface area contributed by atoms with Gasteiger partial charge in [-0.25, -0.2) is 9.67 Å². The lowest BCUT2D eigenvalue weighted by molar-refractivity contribution is 0.612. The number of rotatable bonds is 4. The van der Waals surface area contributed by atoms with Crippen molar-refractivity contribution in [3.8, 4) is 0 Å². The van der Waals surface area contributed by atoms with Gasteiger partial charge in [0.25, 0.3) is 0 Å². The average molecular weight is 295 g/mol. The Morgan fingerprint density at radius 3 is 2.71 bits per heavy atom. The average Bonchev–Trinajstić information content (AvgIpc) is 2.60. The van der Waals surface area contributed by atoms with Crippen LogP contribution in [-0.2, 0) is 6.54 Å². The van der Waals surface area contributed by atoms with Crippen LogP contribution in [0.15, 0.2) is 28.7 Å². The van der Waals surface area contributed by atoms with Crippen LogP contribution in [0.1, 0.15) is 11.6 Å². The molecule has 2 rings (SSSR count). The molecular formula is C12H15BrN4. The summed E-state index contributed by atoms with van der Waals surface area (Å²) in [6, 6.07) is 8.08. The number of aromatic nitrogens is 3. The molecule has 0 atom stereocenters. The maximum absolute atomic E-state index is 4.32. The van der Waals surface area contributed by atoms with Gasteiger partial charge in [-0.05, 0) is 41.9 Å². The van der Waals surface area contributed by atoms with Gasteiger partial charge in [0.2, 0.25) is 0 Å². The number of para-hydroxylation sites is 1. The Hall–Kier alpha value is -1.36. The summed E-state index contributed by atoms with van der Waals surface area (Å²) in [5.74, 6) is 1.78. The summed E-state index contributed by atoms with van der Waals surface area (Å²) in [5.41, 5.74) is 1.10. The van der Waals surface area contributed by atoms with Crippen LogP contribution in [0.4, 0.5) is 5.69 Å². The van der Waals surface area contributed by atoms with E-state index >= 15 is 0 Å². The zero-order chi connectivity index (χ0) is 12.3. The van der Waals surface area contributed by atoms with E-state index in [9.17, 15) is 0 Å². The van der Waals surface area contributed by atoms with Crippen molar-refractivity contribution in [2.24, 2.45) is 0 Å². The van der Waals surface area contributed by atoms with Crippen LogP contribution in [0, 0.1) is 13.8 Å². The fourth-order valence-corrected chi connectivity index (χ4v) is 2.10. The molecule has 1 aromatic heterocycles. The Labute approximate surface area is 109 Å². The second kappa shape index (κ2) is 5.31. The molecule has 0 spiro atoms. The van der Waals surface area contributed by atoms with Gasteiger partial charge in [-0.2, -0.15) is 5.10 Å². The van der Waals surface area contributed by atoms with E-state index in [0.29, 0.717) is 0 Å². The third-order valence-corrected chi connectivity index (χ3v) is 3.17. The van der Waals surface area contributed by atoms with E-state index in [1.807, 2.05) is 42.8 Å². The van der Waals surface area contributed by atoms with E-state index in [0.717, 1.165) is 34.9 Å². The zero-order valence-corrected chi connectivity index (χ0v) is 11.5. The van der Waals surface area contributed by atoms with Crippen molar-refractivity contribution < 1.29 is 0 Å². The summed E-state index contributed by atoms with van der Waals surface area (Å²) in [6.45, 7) is 5.52. The van der Waals surface area contributed by atoms with Crippen LogP contribution < -0.4 is 5.32 Å². The molecule has 0 saturated heterocycles. The van der Waals surface area contributed by atoms with Crippen LogP contribution in [-0.4, -0.2) is 21.3 Å². The van der Waals surface area contributed by atoms with Crippen molar-refractivity contribution in [1.29, 1.82) is 0 Å². The standard InChI is InChI=1S/C12H15BrN4/c1-9-15-10(2)17(16-9)8-7-14-12-6-4-3-5-11(12)13/h3-6,14H,7-8H2,1-2H3. The van der Waals surface area contributed by atoms with Crippen molar-refractivity contribution in [2.75, 3.05) is 11.9 Å². The van der Waals surface area contributed by atoms with Crippen LogP contribution >= 0.6 is 15.9 Å². The molecule has 0 unspecified atom stereocenters. The minimum Gasteiger partial charge on any atom is -0.382 e. The summed E-state index contributed by atoms with van der Waals surface area (Å²) >= 11 is 3.50. The number of nitrogens with one attached hydrogen (secondary N) is 1. The molecule has 0 fully saturated rings. The van der Waals surface area contributed by atoms with Crippen LogP contribution in [0.5, 0.6) is 0 Å². The summed E-state index contributed by atoms with van der Waals surface area (Å²) in [5, 5.41) is 7.68. The van der Waals surface area contributed by atoms with Gasteiger partial charge in [-0.3, -0.25) is 0 Å². The maximum Gasteiger partial charge on any atom is 0.147 e. The Kier molecular flexibility index (Phi) is 3.78. The molecule has 2 aromatic rings. The monoisotopic (exact) mass is 294 g/mol. The second-order valence-electron chi connectivity index (χ2n) is 3.84. The first-order chi connectivity index (χ1) is 8.16. The Balaban J connectivity index is 1.92. The fourth-order valence-electron chi connectivity index (χ4n) is 1.67. The number of hydrogen-bond acceptors (Lipinski definition) is 3. The lowest BCUT2D eigenvalue weighted by Gasteiger charge is -2.08. The van der Waals surface area contributed by atoms with E-state index in [1.54, 1.807) is 0 Å². The Bertz CT molecular complexity index is 507. The Morgan fingerprint density at radius 2 is 2.06 bits per heavy atom. The highest BCUT2D eigenvalue weighted by atomic mass is 79.9. The maximum atomic E-state index is 4.32. The molecule has 0 aliphatic carbocycles. The predicted octanol–water partition coefficient (Wildman–Crippen LogP) is 2.77. The lowest BCUT2D eigenvalue weighted by atomic mass is 10.3. The van der Waals surface area contributed by atoms with Gasteiger partial charge < -0.3 is 5.32 Å². The second-order valence-corrected chi connectivity index (χ2v) is 4.69. The summed E-state index contributed by atoms with van der Waals surface area (Å²) in [4.78, 5) is 4.27. The summed E-state index contributed by atoms with van der Waals surface area (Å²) < 4.78 is 2.99. The molecule has 4 nitrogen and oxygen atoms in total. The van der Waals surface area contributed by atoms with Crippen LogP contribution in [0.25, 0.3) is 0 Å². The minimum atomic E-state index is 0.813. The molecule has 1 heterocycles. The molecule has 1 aromatic carbocycles. The first kappa shape index (κ1) is 12.1. The van der Waals surface area contributed by atoms with Gasteiger partial charge in [0.1, 0.15) is 11.6 Å². The predicted molar refractivity (Wildman–Crippen MR) is 72.1 cm³/mol. The number of aryl methyl sites for hydroxylation is 2. The molecule has 1 N–H and O–H groups in total. The van der Waals surface area contributed by atoms with Gasteiger partial charge >= 0.3 is 0 Å². The third kappa shape index (κ3) is 3.06. The SMILES string of the molecule is Cc1nc(C)n(CCNc2ccccc2Br)n1. The van der Waals surface area contributed by atoms with Gasteiger partial charge in [-0.1, -0.05) is 12.1 Å². The van der Waals surface area contributed by atoms with Crippen molar-refractivity contribution in [1.82, 2.24) is 14.8 Å². The molecule has 0 bridgehead atoms. The van der Waals surface area contributed by atoms with Crippen molar-refractivity contribution in [2.45, 2.75) is 20.4 Å². The smallest absolute Gasteiger partial charge is 0.147 e. The van der Waals surface area contributed by atoms with Crippen molar-refractivity contribution in [3.63, 3.8) is 0 Å². The van der Waals surface area contributed by atoms with E-state index in [1.165, 1.54) is 0 Å². The zero-order valence-electron chi connectivity index (χ0n) is 9.94. The highest BCUT2D eigenvalue weighted by Crippen LogP contribution is 2.20. The van der Waals surface area contributed by atoms with Gasteiger partial charge in [0, 0.05) is 16.7 Å². The fraction of sp³-hybridized carbons (Fsp3) is 0.333. The van der Waals surface area contributed by atoms with Crippen LogP contribution in [0.2, 0.25) is 0 Å². The molecular weight excluding hydrogens is 280 g/mol. The van der Waals surface area contributed by atoms with E-state index < -0.39 is 0 Å². The van der Waals surface area contributed by atoms with E-state index in [-0.39, 0.29) is 0 Å². The van der Waals surface area contributed by atoms with E-state index in [2.05, 4.69) is 31.3 Å². The topological polar surface area (TPSA) is 42.7 Å². The molecule has 0 amide bonds. The largest absolute Gasteiger partial charge is 0.382 e. The van der Waals surface area contributed by atoms with E-state index in [4.69, 9.17) is 0 Å². The van der Waals surface area contributed by atoms with Gasteiger partial charge in [0.05, 0.1) is 6.54 Å². The minimum absolute atomic E-state index is 0.813. The normalized spacial score (nSPS) is 10.5. The summed E-state index contributed by atoms with van der Waals surface area (Å²) in [7, 11) is 0. The number of nitrogens with zero attached hydrogens (tertiary/aromatic N) is 3. The molecule has 0 radical (unpaired) electrons. The highest BCUT2D eigenvalue weighted by Gasteiger charge is 2.02. The van der Waals surface area contributed by atoms with Crippen molar-refractivity contribution >= 4 is 21.6 Å². The summed E-state index contributed by atoms with van der Waals surface area (Å²) in [6.07, 6.45) is 0. The molecule has 90 valence electrons. The first-order valence-corrected chi connectivity index (χ1v) is 6.32. The highest BCUT2D eigenvalue weighted by molar-refractivity contribution is 9.10. The van der Waals surface area contributed by atoms with Crippen molar-refractivity contribution in [3.05, 3.63) is 40.4 Å². The number of halogens is 1. The number of benzene rings is 1. The molecule has 0 saturated carbocycles. The van der Waals surface area contributed by atoms with Gasteiger partial charge in [-0.15, -0.1) is 0 Å². The van der Waals surface area contributed by atoms with Crippen LogP contribution in [0.3, 0.4) is 0 Å². The molecule has 5 heteroatoms. The quantitative estimate of drug-likeness (QED) is 0.943. The van der Waals surface area contributed by atoms with Gasteiger partial charge in [0.15, 0.2) is 0 Å².